The van der Waals surface area contributed by atoms with Crippen molar-refractivity contribution in [2.45, 2.75) is 38.6 Å². The van der Waals surface area contributed by atoms with Gasteiger partial charge in [0.25, 0.3) is 0 Å². The predicted octanol–water partition coefficient (Wildman–Crippen LogP) is 0.587. The van der Waals surface area contributed by atoms with Crippen molar-refractivity contribution in [3.63, 3.8) is 0 Å². The Kier molecular flexibility index (Phi) is 4.05. The van der Waals surface area contributed by atoms with Crippen LogP contribution < -0.4 is 10.6 Å². The molecule has 2 N–H and O–H groups in total. The zero-order chi connectivity index (χ0) is 12.3. The molecule has 2 aliphatic heterocycles. The molecule has 0 aromatic carbocycles. The Morgan fingerprint density at radius 1 is 1.47 bits per heavy atom. The van der Waals surface area contributed by atoms with Gasteiger partial charge in [-0.1, -0.05) is 6.92 Å². The minimum absolute atomic E-state index is 0.136. The van der Waals surface area contributed by atoms with Crippen molar-refractivity contribution in [3.05, 3.63) is 0 Å². The largest absolute Gasteiger partial charge is 0.353 e. The standard InChI is InChI=1S/C13H25N3O/c1-3-13(6-7-14-10-13)12(17)15-11-4-8-16(2)9-5-11/h11,14H,3-10H2,1-2H3,(H,15,17). The molecule has 2 aliphatic rings. The zero-order valence-corrected chi connectivity index (χ0v) is 11.1. The molecule has 98 valence electrons. The first-order chi connectivity index (χ1) is 8.16. The third kappa shape index (κ3) is 2.80. The molecule has 1 amide bonds. The predicted molar refractivity (Wildman–Crippen MR) is 68.9 cm³/mol. The molecule has 0 bridgehead atoms. The third-order valence-electron chi connectivity index (χ3n) is 4.46. The molecule has 0 aromatic rings. The Morgan fingerprint density at radius 3 is 2.71 bits per heavy atom. The summed E-state index contributed by atoms with van der Waals surface area (Å²) < 4.78 is 0. The Hall–Kier alpha value is -0.610. The minimum atomic E-state index is -0.136. The molecule has 0 aliphatic carbocycles. The second kappa shape index (κ2) is 5.36. The third-order valence-corrected chi connectivity index (χ3v) is 4.46. The molecule has 0 radical (unpaired) electrons. The summed E-state index contributed by atoms with van der Waals surface area (Å²) in [6.45, 7) is 6.16. The number of likely N-dealkylation sites (tertiary alicyclic amines) is 1. The second-order valence-electron chi connectivity index (χ2n) is 5.61. The molecule has 17 heavy (non-hydrogen) atoms. The first kappa shape index (κ1) is 12.8. The molecule has 2 fully saturated rings. The van der Waals surface area contributed by atoms with Crippen molar-refractivity contribution in [2.75, 3.05) is 33.2 Å². The second-order valence-corrected chi connectivity index (χ2v) is 5.61. The van der Waals surface area contributed by atoms with Crippen molar-refractivity contribution in [3.8, 4) is 0 Å². The van der Waals surface area contributed by atoms with Crippen LogP contribution in [0.1, 0.15) is 32.6 Å². The van der Waals surface area contributed by atoms with E-state index in [0.717, 1.165) is 51.9 Å². The maximum absolute atomic E-state index is 12.4. The van der Waals surface area contributed by atoms with Crippen LogP contribution in [0.2, 0.25) is 0 Å². The number of nitrogens with zero attached hydrogens (tertiary/aromatic N) is 1. The van der Waals surface area contributed by atoms with E-state index in [9.17, 15) is 4.79 Å². The van der Waals surface area contributed by atoms with Gasteiger partial charge in [0, 0.05) is 12.6 Å². The van der Waals surface area contributed by atoms with Crippen molar-refractivity contribution in [1.29, 1.82) is 0 Å². The van der Waals surface area contributed by atoms with Crippen molar-refractivity contribution >= 4 is 5.91 Å². The molecule has 1 atom stereocenters. The van der Waals surface area contributed by atoms with Crippen LogP contribution in [-0.4, -0.2) is 50.1 Å². The summed E-state index contributed by atoms with van der Waals surface area (Å²) in [5.74, 6) is 0.277. The molecule has 2 rings (SSSR count). The quantitative estimate of drug-likeness (QED) is 0.757. The molecule has 2 heterocycles. The summed E-state index contributed by atoms with van der Waals surface area (Å²) in [6, 6.07) is 0.391. The van der Waals surface area contributed by atoms with Crippen LogP contribution in [0, 0.1) is 5.41 Å². The van der Waals surface area contributed by atoms with Gasteiger partial charge in [-0.25, -0.2) is 0 Å². The summed E-state index contributed by atoms with van der Waals surface area (Å²) in [4.78, 5) is 14.7. The SMILES string of the molecule is CCC1(C(=O)NC2CCN(C)CC2)CCNC1. The van der Waals surface area contributed by atoms with Crippen LogP contribution in [0.5, 0.6) is 0 Å². The number of nitrogens with one attached hydrogen (secondary N) is 2. The van der Waals surface area contributed by atoms with E-state index in [2.05, 4.69) is 29.5 Å². The first-order valence-electron chi connectivity index (χ1n) is 6.86. The monoisotopic (exact) mass is 239 g/mol. The number of hydrogen-bond acceptors (Lipinski definition) is 3. The molecule has 0 spiro atoms. The van der Waals surface area contributed by atoms with E-state index in [0.29, 0.717) is 6.04 Å². The van der Waals surface area contributed by atoms with Crippen LogP contribution in [0.3, 0.4) is 0 Å². The molecule has 0 aromatic heterocycles. The fourth-order valence-electron chi connectivity index (χ4n) is 2.89. The van der Waals surface area contributed by atoms with E-state index in [4.69, 9.17) is 0 Å². The van der Waals surface area contributed by atoms with Crippen molar-refractivity contribution < 1.29 is 4.79 Å². The fraction of sp³-hybridized carbons (Fsp3) is 0.923. The van der Waals surface area contributed by atoms with Gasteiger partial charge < -0.3 is 15.5 Å². The number of carbonyl (C=O) groups is 1. The van der Waals surface area contributed by atoms with Gasteiger partial charge in [0.2, 0.25) is 5.91 Å². The highest BCUT2D eigenvalue weighted by molar-refractivity contribution is 5.83. The highest BCUT2D eigenvalue weighted by Crippen LogP contribution is 2.30. The van der Waals surface area contributed by atoms with Gasteiger partial charge in [-0.2, -0.15) is 0 Å². The Labute approximate surface area is 104 Å². The van der Waals surface area contributed by atoms with Crippen LogP contribution in [-0.2, 0) is 4.79 Å². The van der Waals surface area contributed by atoms with E-state index in [1.807, 2.05) is 0 Å². The summed E-state index contributed by atoms with van der Waals surface area (Å²) in [7, 11) is 2.15. The van der Waals surface area contributed by atoms with Gasteiger partial charge in [0.1, 0.15) is 0 Å². The van der Waals surface area contributed by atoms with E-state index in [1.165, 1.54) is 0 Å². The summed E-state index contributed by atoms with van der Waals surface area (Å²) in [5.41, 5.74) is -0.136. The highest BCUT2D eigenvalue weighted by Gasteiger charge is 2.40. The summed E-state index contributed by atoms with van der Waals surface area (Å²) in [6.07, 6.45) is 4.12. The first-order valence-corrected chi connectivity index (χ1v) is 6.86. The Bertz CT molecular complexity index is 266. The molecule has 4 nitrogen and oxygen atoms in total. The Morgan fingerprint density at radius 2 is 2.18 bits per heavy atom. The number of amides is 1. The average molecular weight is 239 g/mol. The van der Waals surface area contributed by atoms with Gasteiger partial charge >= 0.3 is 0 Å². The highest BCUT2D eigenvalue weighted by atomic mass is 16.2. The zero-order valence-electron chi connectivity index (χ0n) is 11.1. The van der Waals surface area contributed by atoms with Gasteiger partial charge in [-0.15, -0.1) is 0 Å². The van der Waals surface area contributed by atoms with Gasteiger partial charge in [0.05, 0.1) is 5.41 Å². The van der Waals surface area contributed by atoms with E-state index in [-0.39, 0.29) is 11.3 Å². The fourth-order valence-corrected chi connectivity index (χ4v) is 2.89. The van der Waals surface area contributed by atoms with Gasteiger partial charge in [0.15, 0.2) is 0 Å². The average Bonchev–Trinajstić information content (AvgIpc) is 2.82. The van der Waals surface area contributed by atoms with E-state index in [1.54, 1.807) is 0 Å². The maximum Gasteiger partial charge on any atom is 0.227 e. The summed E-state index contributed by atoms with van der Waals surface area (Å²) >= 11 is 0. The molecule has 2 saturated heterocycles. The topological polar surface area (TPSA) is 44.4 Å². The van der Waals surface area contributed by atoms with Crippen molar-refractivity contribution in [1.82, 2.24) is 15.5 Å². The molecular formula is C13H25N3O. The number of hydrogen-bond donors (Lipinski definition) is 2. The smallest absolute Gasteiger partial charge is 0.227 e. The van der Waals surface area contributed by atoms with Crippen LogP contribution in [0.15, 0.2) is 0 Å². The molecule has 1 unspecified atom stereocenters. The summed E-state index contributed by atoms with van der Waals surface area (Å²) in [5, 5.41) is 6.59. The van der Waals surface area contributed by atoms with Crippen molar-refractivity contribution in [2.24, 2.45) is 5.41 Å². The van der Waals surface area contributed by atoms with Gasteiger partial charge in [-0.05, 0) is 52.4 Å². The number of rotatable bonds is 3. The maximum atomic E-state index is 12.4. The molecule has 0 saturated carbocycles. The van der Waals surface area contributed by atoms with Crippen LogP contribution in [0.4, 0.5) is 0 Å². The van der Waals surface area contributed by atoms with Crippen LogP contribution >= 0.6 is 0 Å². The normalized spacial score (nSPS) is 31.6. The van der Waals surface area contributed by atoms with Gasteiger partial charge in [-0.3, -0.25) is 4.79 Å². The lowest BCUT2D eigenvalue weighted by molar-refractivity contribution is -0.131. The van der Waals surface area contributed by atoms with E-state index >= 15 is 0 Å². The molecule has 4 heteroatoms. The lowest BCUT2D eigenvalue weighted by Gasteiger charge is -2.33. The lowest BCUT2D eigenvalue weighted by atomic mass is 9.83. The van der Waals surface area contributed by atoms with Crippen LogP contribution in [0.25, 0.3) is 0 Å². The number of piperidine rings is 1. The molecular weight excluding hydrogens is 214 g/mol. The Balaban J connectivity index is 1.87. The lowest BCUT2D eigenvalue weighted by Crippen LogP contribution is -2.49. The van der Waals surface area contributed by atoms with E-state index < -0.39 is 0 Å². The minimum Gasteiger partial charge on any atom is -0.353 e. The number of carbonyl (C=O) groups excluding carboxylic acids is 1.